The van der Waals surface area contributed by atoms with Gasteiger partial charge in [-0.05, 0) is 20.8 Å². The van der Waals surface area contributed by atoms with E-state index < -0.39 is 0 Å². The SMILES string of the molecule is CC(C)(C)NCc1n[nH]nc1-c1ccccc1.Cl. The lowest BCUT2D eigenvalue weighted by Gasteiger charge is -2.19. The van der Waals surface area contributed by atoms with E-state index in [0.717, 1.165) is 17.0 Å². The van der Waals surface area contributed by atoms with Gasteiger partial charge in [0.2, 0.25) is 0 Å². The van der Waals surface area contributed by atoms with Crippen LogP contribution in [0, 0.1) is 0 Å². The van der Waals surface area contributed by atoms with E-state index in [0.29, 0.717) is 6.54 Å². The van der Waals surface area contributed by atoms with Gasteiger partial charge in [0.25, 0.3) is 0 Å². The Morgan fingerprint density at radius 3 is 2.39 bits per heavy atom. The van der Waals surface area contributed by atoms with Crippen LogP contribution in [0.2, 0.25) is 0 Å². The maximum absolute atomic E-state index is 4.21. The summed E-state index contributed by atoms with van der Waals surface area (Å²) >= 11 is 0. The summed E-state index contributed by atoms with van der Waals surface area (Å²) in [6.07, 6.45) is 0. The largest absolute Gasteiger partial charge is 0.306 e. The zero-order valence-electron chi connectivity index (χ0n) is 10.9. The molecule has 2 N–H and O–H groups in total. The van der Waals surface area contributed by atoms with E-state index in [1.54, 1.807) is 0 Å². The Morgan fingerprint density at radius 2 is 1.78 bits per heavy atom. The Hall–Kier alpha value is -1.39. The number of hydrogen-bond acceptors (Lipinski definition) is 3. The van der Waals surface area contributed by atoms with Gasteiger partial charge in [-0.2, -0.15) is 15.4 Å². The van der Waals surface area contributed by atoms with Gasteiger partial charge in [0, 0.05) is 17.6 Å². The molecule has 1 aromatic heterocycles. The molecule has 5 heteroatoms. The van der Waals surface area contributed by atoms with Gasteiger partial charge < -0.3 is 5.32 Å². The summed E-state index contributed by atoms with van der Waals surface area (Å²) in [4.78, 5) is 0. The predicted octanol–water partition coefficient (Wildman–Crippen LogP) is 2.78. The molecule has 0 aliphatic heterocycles. The average molecular weight is 267 g/mol. The molecular formula is C13H19ClN4. The molecule has 0 saturated heterocycles. The van der Waals surface area contributed by atoms with Crippen molar-refractivity contribution in [1.29, 1.82) is 0 Å². The fourth-order valence-electron chi connectivity index (χ4n) is 1.55. The molecule has 1 heterocycles. The Balaban J connectivity index is 0.00000162. The van der Waals surface area contributed by atoms with E-state index >= 15 is 0 Å². The number of aromatic nitrogens is 3. The van der Waals surface area contributed by atoms with Crippen LogP contribution in [0.15, 0.2) is 30.3 Å². The van der Waals surface area contributed by atoms with E-state index in [2.05, 4.69) is 41.5 Å². The molecule has 4 nitrogen and oxygen atoms in total. The van der Waals surface area contributed by atoms with Crippen molar-refractivity contribution in [3.8, 4) is 11.3 Å². The van der Waals surface area contributed by atoms with Crippen LogP contribution in [0.1, 0.15) is 26.5 Å². The number of rotatable bonds is 3. The van der Waals surface area contributed by atoms with Crippen LogP contribution in [0.5, 0.6) is 0 Å². The molecule has 2 rings (SSSR count). The van der Waals surface area contributed by atoms with E-state index in [-0.39, 0.29) is 17.9 Å². The standard InChI is InChI=1S/C13H18N4.ClH/c1-13(2,3)14-9-11-12(16-17-15-11)10-7-5-4-6-8-10;/h4-8,14H,9H2,1-3H3,(H,15,16,17);1H. The third kappa shape index (κ3) is 3.82. The molecule has 0 amide bonds. The fourth-order valence-corrected chi connectivity index (χ4v) is 1.55. The van der Waals surface area contributed by atoms with Gasteiger partial charge in [-0.15, -0.1) is 12.4 Å². The normalized spacial score (nSPS) is 11.1. The summed E-state index contributed by atoms with van der Waals surface area (Å²) in [6, 6.07) is 10.1. The third-order valence-corrected chi connectivity index (χ3v) is 2.45. The molecular weight excluding hydrogens is 248 g/mol. The molecule has 18 heavy (non-hydrogen) atoms. The van der Waals surface area contributed by atoms with Gasteiger partial charge in [0.1, 0.15) is 11.4 Å². The van der Waals surface area contributed by atoms with Crippen LogP contribution in [-0.4, -0.2) is 20.9 Å². The second kappa shape index (κ2) is 5.98. The first kappa shape index (κ1) is 14.7. The Kier molecular flexibility index (Phi) is 4.87. The number of benzene rings is 1. The van der Waals surface area contributed by atoms with Crippen molar-refractivity contribution >= 4 is 12.4 Å². The van der Waals surface area contributed by atoms with E-state index in [1.807, 2.05) is 30.3 Å². The zero-order chi connectivity index (χ0) is 12.3. The molecule has 0 unspecified atom stereocenters. The molecule has 2 aromatic rings. The number of H-pyrrole nitrogens is 1. The summed E-state index contributed by atoms with van der Waals surface area (Å²) in [5.74, 6) is 0. The van der Waals surface area contributed by atoms with Crippen LogP contribution in [0.4, 0.5) is 0 Å². The minimum Gasteiger partial charge on any atom is -0.306 e. The number of nitrogens with zero attached hydrogens (tertiary/aromatic N) is 2. The minimum absolute atomic E-state index is 0. The van der Waals surface area contributed by atoms with E-state index in [4.69, 9.17) is 0 Å². The second-order valence-electron chi connectivity index (χ2n) is 5.09. The van der Waals surface area contributed by atoms with Crippen molar-refractivity contribution in [3.05, 3.63) is 36.0 Å². The predicted molar refractivity (Wildman–Crippen MR) is 75.7 cm³/mol. The quantitative estimate of drug-likeness (QED) is 0.898. The molecule has 0 bridgehead atoms. The highest BCUT2D eigenvalue weighted by atomic mass is 35.5. The monoisotopic (exact) mass is 266 g/mol. The second-order valence-corrected chi connectivity index (χ2v) is 5.09. The first-order valence-electron chi connectivity index (χ1n) is 5.76. The number of nitrogens with one attached hydrogen (secondary N) is 2. The van der Waals surface area contributed by atoms with Crippen molar-refractivity contribution in [2.45, 2.75) is 32.9 Å². The molecule has 0 atom stereocenters. The average Bonchev–Trinajstić information content (AvgIpc) is 2.75. The topological polar surface area (TPSA) is 53.6 Å². The van der Waals surface area contributed by atoms with Crippen molar-refractivity contribution in [3.63, 3.8) is 0 Å². The van der Waals surface area contributed by atoms with Crippen LogP contribution in [-0.2, 0) is 6.54 Å². The summed E-state index contributed by atoms with van der Waals surface area (Å²) in [7, 11) is 0. The molecule has 0 spiro atoms. The number of halogens is 1. The van der Waals surface area contributed by atoms with Crippen LogP contribution in [0.25, 0.3) is 11.3 Å². The summed E-state index contributed by atoms with van der Waals surface area (Å²) in [6.45, 7) is 7.12. The molecule has 0 fully saturated rings. The fraction of sp³-hybridized carbons (Fsp3) is 0.385. The van der Waals surface area contributed by atoms with Gasteiger partial charge in [0.15, 0.2) is 0 Å². The molecule has 0 aliphatic rings. The minimum atomic E-state index is 0. The smallest absolute Gasteiger partial charge is 0.117 e. The first-order chi connectivity index (χ1) is 8.06. The lowest BCUT2D eigenvalue weighted by molar-refractivity contribution is 0.421. The number of aromatic amines is 1. The Labute approximate surface area is 114 Å². The molecule has 1 aromatic carbocycles. The van der Waals surface area contributed by atoms with Crippen LogP contribution >= 0.6 is 12.4 Å². The van der Waals surface area contributed by atoms with Crippen molar-refractivity contribution < 1.29 is 0 Å². The molecule has 0 aliphatic carbocycles. The van der Waals surface area contributed by atoms with E-state index in [1.165, 1.54) is 0 Å². The van der Waals surface area contributed by atoms with Gasteiger partial charge in [0.05, 0.1) is 0 Å². The highest BCUT2D eigenvalue weighted by Crippen LogP contribution is 2.19. The maximum atomic E-state index is 4.21. The maximum Gasteiger partial charge on any atom is 0.117 e. The van der Waals surface area contributed by atoms with Crippen LogP contribution in [0.3, 0.4) is 0 Å². The molecule has 0 radical (unpaired) electrons. The zero-order valence-corrected chi connectivity index (χ0v) is 11.7. The van der Waals surface area contributed by atoms with E-state index in [9.17, 15) is 0 Å². The van der Waals surface area contributed by atoms with Gasteiger partial charge >= 0.3 is 0 Å². The molecule has 98 valence electrons. The first-order valence-corrected chi connectivity index (χ1v) is 5.76. The Bertz CT molecular complexity index is 473. The lowest BCUT2D eigenvalue weighted by Crippen LogP contribution is -2.35. The number of hydrogen-bond donors (Lipinski definition) is 2. The lowest BCUT2D eigenvalue weighted by atomic mass is 10.1. The van der Waals surface area contributed by atoms with Gasteiger partial charge in [-0.25, -0.2) is 0 Å². The highest BCUT2D eigenvalue weighted by molar-refractivity contribution is 5.85. The summed E-state index contributed by atoms with van der Waals surface area (Å²) < 4.78 is 0. The molecule has 0 saturated carbocycles. The summed E-state index contributed by atoms with van der Waals surface area (Å²) in [5, 5.41) is 14.5. The highest BCUT2D eigenvalue weighted by Gasteiger charge is 2.13. The van der Waals surface area contributed by atoms with Gasteiger partial charge in [-0.3, -0.25) is 0 Å². The van der Waals surface area contributed by atoms with Gasteiger partial charge in [-0.1, -0.05) is 30.3 Å². The van der Waals surface area contributed by atoms with Crippen molar-refractivity contribution in [1.82, 2.24) is 20.7 Å². The van der Waals surface area contributed by atoms with Crippen molar-refractivity contribution in [2.75, 3.05) is 0 Å². The van der Waals surface area contributed by atoms with Crippen molar-refractivity contribution in [2.24, 2.45) is 0 Å². The third-order valence-electron chi connectivity index (χ3n) is 2.45. The Morgan fingerprint density at radius 1 is 1.11 bits per heavy atom. The summed E-state index contributed by atoms with van der Waals surface area (Å²) in [5.41, 5.74) is 3.04. The van der Waals surface area contributed by atoms with Crippen LogP contribution < -0.4 is 5.32 Å².